The molecule has 0 spiro atoms. The first-order valence-corrected chi connectivity index (χ1v) is 8.19. The Morgan fingerprint density at radius 3 is 2.67 bits per heavy atom. The number of methoxy groups -OCH3 is 1. The lowest BCUT2D eigenvalue weighted by Crippen LogP contribution is -2.37. The lowest BCUT2D eigenvalue weighted by Gasteiger charge is -2.26. The number of likely N-dealkylation sites (tertiary alicyclic amines) is 1. The van der Waals surface area contributed by atoms with Gasteiger partial charge in [0.25, 0.3) is 0 Å². The van der Waals surface area contributed by atoms with E-state index in [4.69, 9.17) is 9.47 Å². The third kappa shape index (κ3) is 4.04. The van der Waals surface area contributed by atoms with Crippen molar-refractivity contribution in [2.24, 2.45) is 0 Å². The molecule has 128 valence electrons. The van der Waals surface area contributed by atoms with Gasteiger partial charge in [0.2, 0.25) is 5.91 Å². The van der Waals surface area contributed by atoms with Crippen LogP contribution in [0.1, 0.15) is 25.0 Å². The van der Waals surface area contributed by atoms with Gasteiger partial charge in [0, 0.05) is 13.1 Å². The van der Waals surface area contributed by atoms with Crippen molar-refractivity contribution in [3.8, 4) is 11.5 Å². The molecule has 0 bridgehead atoms. The van der Waals surface area contributed by atoms with Crippen LogP contribution in [0.15, 0.2) is 30.5 Å². The van der Waals surface area contributed by atoms with Crippen LogP contribution in [-0.4, -0.2) is 46.0 Å². The Balaban J connectivity index is 1.54. The molecule has 1 fully saturated rings. The summed E-state index contributed by atoms with van der Waals surface area (Å²) in [5.74, 6) is 1.42. The molecule has 0 N–H and O–H groups in total. The molecule has 2 heterocycles. The van der Waals surface area contributed by atoms with Crippen LogP contribution in [-0.2, 0) is 17.9 Å². The lowest BCUT2D eigenvalue weighted by atomic mass is 10.1. The molecule has 7 heteroatoms. The number of ether oxygens (including phenoxy) is 2. The summed E-state index contributed by atoms with van der Waals surface area (Å²) in [5, 5.41) is 8.08. The quantitative estimate of drug-likeness (QED) is 0.809. The topological polar surface area (TPSA) is 69.5 Å². The summed E-state index contributed by atoms with van der Waals surface area (Å²) in [7, 11) is 1.60. The number of carbonyl (C=O) groups is 1. The molecular formula is C17H22N4O3. The van der Waals surface area contributed by atoms with E-state index in [0.29, 0.717) is 17.2 Å². The van der Waals surface area contributed by atoms with Crippen LogP contribution in [0.25, 0.3) is 0 Å². The average Bonchev–Trinajstić information content (AvgIpc) is 3.08. The summed E-state index contributed by atoms with van der Waals surface area (Å²) >= 11 is 0. The number of hydrogen-bond donors (Lipinski definition) is 0. The molecular weight excluding hydrogens is 308 g/mol. The van der Waals surface area contributed by atoms with Gasteiger partial charge in [-0.3, -0.25) is 4.79 Å². The minimum absolute atomic E-state index is 0.0943. The van der Waals surface area contributed by atoms with Crippen molar-refractivity contribution in [2.75, 3.05) is 20.2 Å². The SMILES string of the molecule is COc1ccccc1OCc1cn(CC(=O)N2CCCCC2)nn1. The smallest absolute Gasteiger partial charge is 0.244 e. The van der Waals surface area contributed by atoms with Crippen LogP contribution in [0.5, 0.6) is 11.5 Å². The van der Waals surface area contributed by atoms with E-state index >= 15 is 0 Å². The Kier molecular flexibility index (Phi) is 5.30. The summed E-state index contributed by atoms with van der Waals surface area (Å²) in [6.07, 6.45) is 5.12. The molecule has 3 rings (SSSR count). The molecule has 1 saturated heterocycles. The van der Waals surface area contributed by atoms with E-state index in [2.05, 4.69) is 10.3 Å². The van der Waals surface area contributed by atoms with Gasteiger partial charge < -0.3 is 14.4 Å². The van der Waals surface area contributed by atoms with Crippen LogP contribution in [0.4, 0.5) is 0 Å². The second-order valence-corrected chi connectivity index (χ2v) is 5.79. The zero-order valence-corrected chi connectivity index (χ0v) is 13.9. The zero-order chi connectivity index (χ0) is 16.8. The summed E-state index contributed by atoms with van der Waals surface area (Å²) in [6.45, 7) is 2.19. The van der Waals surface area contributed by atoms with Crippen molar-refractivity contribution in [2.45, 2.75) is 32.4 Å². The fraction of sp³-hybridized carbons (Fsp3) is 0.471. The van der Waals surface area contributed by atoms with Crippen molar-refractivity contribution in [1.82, 2.24) is 19.9 Å². The van der Waals surface area contributed by atoms with E-state index in [1.54, 1.807) is 18.0 Å². The highest BCUT2D eigenvalue weighted by Gasteiger charge is 2.17. The number of para-hydroxylation sites is 2. The second-order valence-electron chi connectivity index (χ2n) is 5.79. The number of aromatic nitrogens is 3. The van der Waals surface area contributed by atoms with E-state index in [1.807, 2.05) is 29.2 Å². The number of benzene rings is 1. The number of hydrogen-bond acceptors (Lipinski definition) is 5. The van der Waals surface area contributed by atoms with Gasteiger partial charge in [-0.05, 0) is 31.4 Å². The Bertz CT molecular complexity index is 680. The predicted octanol–water partition coefficient (Wildman–Crippen LogP) is 1.88. The minimum atomic E-state index is 0.0943. The van der Waals surface area contributed by atoms with Crippen LogP contribution >= 0.6 is 0 Å². The van der Waals surface area contributed by atoms with E-state index in [-0.39, 0.29) is 19.1 Å². The normalized spacial score (nSPS) is 14.5. The highest BCUT2D eigenvalue weighted by Crippen LogP contribution is 2.26. The lowest BCUT2D eigenvalue weighted by molar-refractivity contribution is -0.132. The Hall–Kier alpha value is -2.57. The summed E-state index contributed by atoms with van der Waals surface area (Å²) in [5.41, 5.74) is 0.673. The van der Waals surface area contributed by atoms with Crippen molar-refractivity contribution < 1.29 is 14.3 Å². The predicted molar refractivity (Wildman–Crippen MR) is 87.8 cm³/mol. The first-order chi connectivity index (χ1) is 11.8. The molecule has 0 saturated carbocycles. The van der Waals surface area contributed by atoms with Crippen molar-refractivity contribution >= 4 is 5.91 Å². The third-order valence-corrected chi connectivity index (χ3v) is 4.04. The molecule has 1 aromatic carbocycles. The van der Waals surface area contributed by atoms with Gasteiger partial charge in [-0.15, -0.1) is 5.10 Å². The van der Waals surface area contributed by atoms with Gasteiger partial charge >= 0.3 is 0 Å². The molecule has 1 amide bonds. The van der Waals surface area contributed by atoms with Crippen molar-refractivity contribution in [3.63, 3.8) is 0 Å². The fourth-order valence-electron chi connectivity index (χ4n) is 2.75. The van der Waals surface area contributed by atoms with Gasteiger partial charge in [0.1, 0.15) is 18.8 Å². The Labute approximate surface area is 141 Å². The highest BCUT2D eigenvalue weighted by atomic mass is 16.5. The minimum Gasteiger partial charge on any atom is -0.493 e. The Morgan fingerprint density at radius 2 is 1.92 bits per heavy atom. The average molecular weight is 330 g/mol. The molecule has 0 atom stereocenters. The Morgan fingerprint density at radius 1 is 1.17 bits per heavy atom. The maximum absolute atomic E-state index is 12.2. The van der Waals surface area contributed by atoms with Gasteiger partial charge in [-0.25, -0.2) is 4.68 Å². The molecule has 0 aliphatic carbocycles. The molecule has 24 heavy (non-hydrogen) atoms. The monoisotopic (exact) mass is 330 g/mol. The van der Waals surface area contributed by atoms with Crippen LogP contribution in [0, 0.1) is 0 Å². The van der Waals surface area contributed by atoms with E-state index in [9.17, 15) is 4.79 Å². The number of nitrogens with zero attached hydrogens (tertiary/aromatic N) is 4. The molecule has 1 aliphatic heterocycles. The van der Waals surface area contributed by atoms with Crippen molar-refractivity contribution in [1.29, 1.82) is 0 Å². The van der Waals surface area contributed by atoms with Gasteiger partial charge in [-0.2, -0.15) is 0 Å². The molecule has 1 aliphatic rings. The second kappa shape index (κ2) is 7.81. The van der Waals surface area contributed by atoms with Crippen LogP contribution in [0.3, 0.4) is 0 Å². The first-order valence-electron chi connectivity index (χ1n) is 8.19. The summed E-state index contributed by atoms with van der Waals surface area (Å²) in [4.78, 5) is 14.1. The number of carbonyl (C=O) groups excluding carboxylic acids is 1. The molecule has 0 radical (unpaired) electrons. The molecule has 7 nitrogen and oxygen atoms in total. The van der Waals surface area contributed by atoms with Crippen LogP contribution < -0.4 is 9.47 Å². The summed E-state index contributed by atoms with van der Waals surface area (Å²) in [6, 6.07) is 7.44. The largest absolute Gasteiger partial charge is 0.493 e. The van der Waals surface area contributed by atoms with E-state index < -0.39 is 0 Å². The summed E-state index contributed by atoms with van der Waals surface area (Å²) < 4.78 is 12.5. The maximum atomic E-state index is 12.2. The number of rotatable bonds is 6. The molecule has 0 unspecified atom stereocenters. The molecule has 1 aromatic heterocycles. The zero-order valence-electron chi connectivity index (χ0n) is 13.9. The van der Waals surface area contributed by atoms with Gasteiger partial charge in [-0.1, -0.05) is 17.3 Å². The highest BCUT2D eigenvalue weighted by molar-refractivity contribution is 5.75. The van der Waals surface area contributed by atoms with Crippen LogP contribution in [0.2, 0.25) is 0 Å². The molecule has 2 aromatic rings. The van der Waals surface area contributed by atoms with Crippen molar-refractivity contribution in [3.05, 3.63) is 36.2 Å². The van der Waals surface area contributed by atoms with Gasteiger partial charge in [0.15, 0.2) is 11.5 Å². The fourth-order valence-corrected chi connectivity index (χ4v) is 2.75. The van der Waals surface area contributed by atoms with E-state index in [0.717, 1.165) is 25.9 Å². The van der Waals surface area contributed by atoms with E-state index in [1.165, 1.54) is 6.42 Å². The number of amides is 1. The standard InChI is InChI=1S/C17H22N4O3/c1-23-15-7-3-4-8-16(15)24-13-14-11-21(19-18-14)12-17(22)20-9-5-2-6-10-20/h3-4,7-8,11H,2,5-6,9-10,12-13H2,1H3. The van der Waals surface area contributed by atoms with Gasteiger partial charge in [0.05, 0.1) is 13.3 Å². The first kappa shape index (κ1) is 16.3. The maximum Gasteiger partial charge on any atom is 0.244 e. The number of piperidine rings is 1. The third-order valence-electron chi connectivity index (χ3n) is 4.04.